The summed E-state index contributed by atoms with van der Waals surface area (Å²) in [4.78, 5) is 4.86. The molecule has 2 aliphatic rings. The van der Waals surface area contributed by atoms with Crippen LogP contribution in [0.4, 0.5) is 0 Å². The van der Waals surface area contributed by atoms with Crippen LogP contribution in [-0.4, -0.2) is 50.1 Å². The summed E-state index contributed by atoms with van der Waals surface area (Å²) in [6, 6.07) is 0.904. The number of rotatable bonds is 2. The number of hydrogen-bond donors (Lipinski definition) is 0. The minimum absolute atomic E-state index is 0.904. The highest BCUT2D eigenvalue weighted by molar-refractivity contribution is 4.99. The molecule has 2 fully saturated rings. The van der Waals surface area contributed by atoms with E-state index in [2.05, 4.69) is 30.9 Å². The number of nitrogens with zero attached hydrogens (tertiary/aromatic N) is 2. The number of hydrogen-bond acceptors (Lipinski definition) is 2. The second-order valence-electron chi connectivity index (χ2n) is 4.74. The summed E-state index contributed by atoms with van der Waals surface area (Å²) < 4.78 is 0. The van der Waals surface area contributed by atoms with Crippen LogP contribution in [0.5, 0.6) is 0 Å². The molecule has 1 aliphatic carbocycles. The summed E-state index contributed by atoms with van der Waals surface area (Å²) in [6.45, 7) is 2.66. The van der Waals surface area contributed by atoms with E-state index in [1.807, 2.05) is 0 Å². The van der Waals surface area contributed by atoms with Crippen molar-refractivity contribution in [1.82, 2.24) is 9.80 Å². The molecule has 2 nitrogen and oxygen atoms in total. The lowest BCUT2D eigenvalue weighted by atomic mass is 10.0. The summed E-state index contributed by atoms with van der Waals surface area (Å²) in [6.07, 6.45) is 2.89. The summed E-state index contributed by atoms with van der Waals surface area (Å²) in [5.74, 6) is 2.02. The van der Waals surface area contributed by atoms with Gasteiger partial charge in [0.2, 0.25) is 0 Å². The first-order valence-electron chi connectivity index (χ1n) is 5.03. The minimum Gasteiger partial charge on any atom is -0.306 e. The standard InChI is InChI=1S/C10H20N2/c1-11(2)10-6-9(10)8-4-5-12(3)7-8/h8-10H,4-7H2,1-3H3/t8-,9-,10-/m0/s1. The lowest BCUT2D eigenvalue weighted by Gasteiger charge is -2.13. The SMILES string of the molecule is CN1CC[C@H]([C@@H]2C[C@@H]2N(C)C)C1. The molecule has 0 amide bonds. The van der Waals surface area contributed by atoms with Gasteiger partial charge in [0.15, 0.2) is 0 Å². The van der Waals surface area contributed by atoms with E-state index in [0.29, 0.717) is 0 Å². The highest BCUT2D eigenvalue weighted by Crippen LogP contribution is 2.43. The van der Waals surface area contributed by atoms with Gasteiger partial charge in [-0.05, 0) is 52.4 Å². The van der Waals surface area contributed by atoms with Gasteiger partial charge in [-0.2, -0.15) is 0 Å². The third-order valence-corrected chi connectivity index (χ3v) is 3.50. The van der Waals surface area contributed by atoms with Crippen molar-refractivity contribution in [2.45, 2.75) is 18.9 Å². The Morgan fingerprint density at radius 3 is 2.50 bits per heavy atom. The highest BCUT2D eigenvalue weighted by Gasteiger charge is 2.45. The van der Waals surface area contributed by atoms with Gasteiger partial charge in [-0.25, -0.2) is 0 Å². The lowest BCUT2D eigenvalue weighted by Crippen LogP contribution is -2.20. The summed E-state index contributed by atoms with van der Waals surface area (Å²) >= 11 is 0. The zero-order chi connectivity index (χ0) is 8.72. The molecule has 0 aromatic carbocycles. The van der Waals surface area contributed by atoms with Crippen LogP contribution in [0.2, 0.25) is 0 Å². The van der Waals surface area contributed by atoms with Crippen LogP contribution in [0.1, 0.15) is 12.8 Å². The van der Waals surface area contributed by atoms with Crippen molar-refractivity contribution in [2.75, 3.05) is 34.2 Å². The molecule has 3 atom stereocenters. The molecule has 0 unspecified atom stereocenters. The second-order valence-corrected chi connectivity index (χ2v) is 4.74. The van der Waals surface area contributed by atoms with Crippen molar-refractivity contribution in [1.29, 1.82) is 0 Å². The van der Waals surface area contributed by atoms with Crippen LogP contribution in [-0.2, 0) is 0 Å². The first kappa shape index (κ1) is 8.52. The Labute approximate surface area is 75.5 Å². The van der Waals surface area contributed by atoms with E-state index in [0.717, 1.165) is 17.9 Å². The van der Waals surface area contributed by atoms with Crippen molar-refractivity contribution in [3.63, 3.8) is 0 Å². The predicted molar refractivity (Wildman–Crippen MR) is 51.2 cm³/mol. The van der Waals surface area contributed by atoms with Crippen LogP contribution in [0.15, 0.2) is 0 Å². The van der Waals surface area contributed by atoms with Gasteiger partial charge < -0.3 is 9.80 Å². The molecule has 70 valence electrons. The molecular formula is C10H20N2. The predicted octanol–water partition coefficient (Wildman–Crippen LogP) is 0.888. The van der Waals surface area contributed by atoms with Crippen molar-refractivity contribution in [3.8, 4) is 0 Å². The number of likely N-dealkylation sites (tertiary alicyclic amines) is 1. The fourth-order valence-electron chi connectivity index (χ4n) is 2.62. The second kappa shape index (κ2) is 3.00. The summed E-state index contributed by atoms with van der Waals surface area (Å²) in [5, 5.41) is 0. The average molecular weight is 168 g/mol. The van der Waals surface area contributed by atoms with Crippen molar-refractivity contribution < 1.29 is 0 Å². The van der Waals surface area contributed by atoms with Gasteiger partial charge >= 0.3 is 0 Å². The zero-order valence-corrected chi connectivity index (χ0v) is 8.45. The molecule has 0 radical (unpaired) electrons. The van der Waals surface area contributed by atoms with Gasteiger partial charge in [-0.15, -0.1) is 0 Å². The van der Waals surface area contributed by atoms with Crippen LogP contribution >= 0.6 is 0 Å². The molecule has 0 N–H and O–H groups in total. The Morgan fingerprint density at radius 1 is 1.33 bits per heavy atom. The van der Waals surface area contributed by atoms with E-state index in [9.17, 15) is 0 Å². The van der Waals surface area contributed by atoms with Gasteiger partial charge in [0.25, 0.3) is 0 Å². The van der Waals surface area contributed by atoms with Gasteiger partial charge in [0.05, 0.1) is 0 Å². The van der Waals surface area contributed by atoms with Crippen LogP contribution in [0, 0.1) is 11.8 Å². The summed E-state index contributed by atoms with van der Waals surface area (Å²) in [7, 11) is 6.67. The van der Waals surface area contributed by atoms with E-state index in [-0.39, 0.29) is 0 Å². The molecule has 0 aromatic rings. The molecule has 0 bridgehead atoms. The minimum atomic E-state index is 0.904. The monoisotopic (exact) mass is 168 g/mol. The first-order valence-corrected chi connectivity index (χ1v) is 5.03. The van der Waals surface area contributed by atoms with E-state index in [4.69, 9.17) is 0 Å². The smallest absolute Gasteiger partial charge is 0.0124 e. The van der Waals surface area contributed by atoms with E-state index >= 15 is 0 Å². The third kappa shape index (κ3) is 1.50. The highest BCUT2D eigenvalue weighted by atomic mass is 15.2. The molecule has 1 saturated carbocycles. The fraction of sp³-hybridized carbons (Fsp3) is 1.00. The van der Waals surface area contributed by atoms with Crippen molar-refractivity contribution >= 4 is 0 Å². The Kier molecular flexibility index (Phi) is 2.13. The van der Waals surface area contributed by atoms with Gasteiger partial charge in [-0.1, -0.05) is 0 Å². The van der Waals surface area contributed by atoms with Gasteiger partial charge in [0, 0.05) is 12.6 Å². The molecule has 2 rings (SSSR count). The first-order chi connectivity index (χ1) is 5.68. The maximum Gasteiger partial charge on any atom is 0.0124 e. The van der Waals surface area contributed by atoms with E-state index in [1.165, 1.54) is 25.9 Å². The Hall–Kier alpha value is -0.0800. The Bertz CT molecular complexity index is 167. The molecule has 12 heavy (non-hydrogen) atoms. The normalized spacial score (nSPS) is 42.5. The topological polar surface area (TPSA) is 6.48 Å². The van der Waals surface area contributed by atoms with E-state index in [1.54, 1.807) is 0 Å². The van der Waals surface area contributed by atoms with Crippen LogP contribution in [0.3, 0.4) is 0 Å². The van der Waals surface area contributed by atoms with Crippen molar-refractivity contribution in [3.05, 3.63) is 0 Å². The van der Waals surface area contributed by atoms with Crippen LogP contribution < -0.4 is 0 Å². The fourth-order valence-corrected chi connectivity index (χ4v) is 2.62. The Morgan fingerprint density at radius 2 is 2.08 bits per heavy atom. The molecule has 0 aromatic heterocycles. The molecule has 1 saturated heterocycles. The van der Waals surface area contributed by atoms with Gasteiger partial charge in [-0.3, -0.25) is 0 Å². The zero-order valence-electron chi connectivity index (χ0n) is 8.45. The lowest BCUT2D eigenvalue weighted by molar-refractivity contribution is 0.328. The molecule has 1 aliphatic heterocycles. The molecule has 1 heterocycles. The van der Waals surface area contributed by atoms with Crippen molar-refractivity contribution in [2.24, 2.45) is 11.8 Å². The molecule has 0 spiro atoms. The maximum absolute atomic E-state index is 2.47. The van der Waals surface area contributed by atoms with Crippen LogP contribution in [0.25, 0.3) is 0 Å². The third-order valence-electron chi connectivity index (χ3n) is 3.50. The molecular weight excluding hydrogens is 148 g/mol. The summed E-state index contributed by atoms with van der Waals surface area (Å²) in [5.41, 5.74) is 0. The van der Waals surface area contributed by atoms with Gasteiger partial charge in [0.1, 0.15) is 0 Å². The maximum atomic E-state index is 2.47. The Balaban J connectivity index is 1.81. The molecule has 2 heteroatoms. The van der Waals surface area contributed by atoms with E-state index < -0.39 is 0 Å². The average Bonchev–Trinajstić information content (AvgIpc) is 2.70. The quantitative estimate of drug-likeness (QED) is 0.604. The largest absolute Gasteiger partial charge is 0.306 e.